The van der Waals surface area contributed by atoms with Crippen molar-refractivity contribution in [3.05, 3.63) is 5.82 Å². The van der Waals surface area contributed by atoms with E-state index in [1.54, 1.807) is 11.8 Å². The fraction of sp³-hybridized carbons (Fsp3) is 0.727. The molecule has 5 nitrogen and oxygen atoms in total. The molecule has 2 N–H and O–H groups in total. The van der Waals surface area contributed by atoms with E-state index in [-0.39, 0.29) is 6.04 Å². The molecule has 17 heavy (non-hydrogen) atoms. The Morgan fingerprint density at radius 3 is 3.12 bits per heavy atom. The molecule has 0 radical (unpaired) electrons. The number of nitrogens with two attached hydrogens (primary N) is 1. The summed E-state index contributed by atoms with van der Waals surface area (Å²) in [5.74, 6) is 1.93. The average molecular weight is 251 g/mol. The Morgan fingerprint density at radius 2 is 2.29 bits per heavy atom. The van der Waals surface area contributed by atoms with Gasteiger partial charge in [-0.25, -0.2) is 0 Å². The second-order valence-electron chi connectivity index (χ2n) is 4.23. The molecule has 0 amide bonds. The zero-order chi connectivity index (χ0) is 12.1. The number of thioether (sulfide) groups is 1. The first-order valence-corrected chi connectivity index (χ1v) is 7.00. The van der Waals surface area contributed by atoms with Crippen molar-refractivity contribution >= 4 is 11.8 Å². The molecule has 0 saturated heterocycles. The van der Waals surface area contributed by atoms with E-state index in [9.17, 15) is 0 Å². The molecular formula is C11H17N5S. The van der Waals surface area contributed by atoms with Crippen LogP contribution in [0.4, 0.5) is 0 Å². The summed E-state index contributed by atoms with van der Waals surface area (Å²) in [6, 6.07) is 1.67. The topological polar surface area (TPSA) is 80.5 Å². The first-order valence-electron chi connectivity index (χ1n) is 6.01. The fourth-order valence-corrected chi connectivity index (χ4v) is 2.91. The van der Waals surface area contributed by atoms with Crippen molar-refractivity contribution in [3.8, 4) is 6.07 Å². The fourth-order valence-electron chi connectivity index (χ4n) is 1.91. The summed E-state index contributed by atoms with van der Waals surface area (Å²) in [5.41, 5.74) is 5.56. The normalized spacial score (nSPS) is 16.9. The van der Waals surface area contributed by atoms with Gasteiger partial charge in [0.1, 0.15) is 5.82 Å². The van der Waals surface area contributed by atoms with Gasteiger partial charge in [0.25, 0.3) is 0 Å². The number of hydrogen-bond donors (Lipinski definition) is 1. The molecule has 1 unspecified atom stereocenters. The molecular weight excluding hydrogens is 234 g/mol. The molecule has 1 aliphatic heterocycles. The Labute approximate surface area is 105 Å². The maximum atomic E-state index is 8.60. The van der Waals surface area contributed by atoms with Gasteiger partial charge in [-0.15, -0.1) is 10.2 Å². The summed E-state index contributed by atoms with van der Waals surface area (Å²) in [5, 5.41) is 18.0. The highest BCUT2D eigenvalue weighted by molar-refractivity contribution is 7.99. The largest absolute Gasteiger partial charge is 0.316 e. The van der Waals surface area contributed by atoms with Crippen molar-refractivity contribution in [1.82, 2.24) is 14.8 Å². The molecule has 1 aromatic heterocycles. The summed E-state index contributed by atoms with van der Waals surface area (Å²) in [6.45, 7) is 1.02. The Kier molecular flexibility index (Phi) is 4.40. The highest BCUT2D eigenvalue weighted by Crippen LogP contribution is 2.22. The molecule has 0 spiro atoms. The molecule has 2 rings (SSSR count). The summed E-state index contributed by atoms with van der Waals surface area (Å²) < 4.78 is 2.22. The number of rotatable bonds is 4. The van der Waals surface area contributed by atoms with Crippen LogP contribution < -0.4 is 5.73 Å². The van der Waals surface area contributed by atoms with Crippen molar-refractivity contribution in [1.29, 1.82) is 5.26 Å². The molecule has 0 fully saturated rings. The molecule has 1 aromatic rings. The molecule has 0 aliphatic carbocycles. The van der Waals surface area contributed by atoms with Gasteiger partial charge in [0, 0.05) is 18.7 Å². The van der Waals surface area contributed by atoms with Crippen LogP contribution in [0.15, 0.2) is 5.16 Å². The van der Waals surface area contributed by atoms with Crippen molar-refractivity contribution < 1.29 is 0 Å². The zero-order valence-electron chi connectivity index (χ0n) is 9.80. The molecule has 0 saturated carbocycles. The van der Waals surface area contributed by atoms with Crippen molar-refractivity contribution in [2.45, 2.75) is 49.8 Å². The van der Waals surface area contributed by atoms with E-state index in [1.165, 1.54) is 19.3 Å². The lowest BCUT2D eigenvalue weighted by Crippen LogP contribution is -2.17. The van der Waals surface area contributed by atoms with Crippen LogP contribution in [0.3, 0.4) is 0 Å². The standard InChI is InChI=1S/C11H17N5S/c12-8-9(13)5-7-17-11-15-14-10-4-2-1-3-6-16(10)11/h9H,1-7,13H2. The van der Waals surface area contributed by atoms with Gasteiger partial charge < -0.3 is 10.3 Å². The third-order valence-electron chi connectivity index (χ3n) is 2.90. The van der Waals surface area contributed by atoms with Crippen LogP contribution in [0.5, 0.6) is 0 Å². The average Bonchev–Trinajstić information content (AvgIpc) is 2.59. The van der Waals surface area contributed by atoms with Gasteiger partial charge in [0.05, 0.1) is 12.1 Å². The minimum Gasteiger partial charge on any atom is -0.316 e. The number of aromatic nitrogens is 3. The van der Waals surface area contributed by atoms with Crippen molar-refractivity contribution in [2.75, 3.05) is 5.75 Å². The molecule has 2 heterocycles. The van der Waals surface area contributed by atoms with E-state index in [0.717, 1.165) is 29.7 Å². The van der Waals surface area contributed by atoms with E-state index in [2.05, 4.69) is 14.8 Å². The Hall–Kier alpha value is -1.06. The predicted molar refractivity (Wildman–Crippen MR) is 66.5 cm³/mol. The highest BCUT2D eigenvalue weighted by atomic mass is 32.2. The van der Waals surface area contributed by atoms with Crippen molar-refractivity contribution in [2.24, 2.45) is 5.73 Å². The second-order valence-corrected chi connectivity index (χ2v) is 5.30. The van der Waals surface area contributed by atoms with Crippen molar-refractivity contribution in [3.63, 3.8) is 0 Å². The van der Waals surface area contributed by atoms with E-state index >= 15 is 0 Å². The number of aryl methyl sites for hydroxylation is 1. The van der Waals surface area contributed by atoms with E-state index in [1.807, 2.05) is 6.07 Å². The maximum Gasteiger partial charge on any atom is 0.191 e. The smallest absolute Gasteiger partial charge is 0.191 e. The molecule has 1 aliphatic rings. The van der Waals surface area contributed by atoms with Crippen LogP contribution in [-0.2, 0) is 13.0 Å². The van der Waals surface area contributed by atoms with Gasteiger partial charge in [0.2, 0.25) is 0 Å². The van der Waals surface area contributed by atoms with Crippen LogP contribution in [0, 0.1) is 11.3 Å². The Morgan fingerprint density at radius 1 is 1.41 bits per heavy atom. The summed E-state index contributed by atoms with van der Waals surface area (Å²) in [4.78, 5) is 0. The van der Waals surface area contributed by atoms with E-state index < -0.39 is 0 Å². The Bertz CT molecular complexity index is 408. The van der Waals surface area contributed by atoms with Crippen LogP contribution >= 0.6 is 11.8 Å². The predicted octanol–water partition coefficient (Wildman–Crippen LogP) is 1.34. The summed E-state index contributed by atoms with van der Waals surface area (Å²) in [6.07, 6.45) is 5.42. The quantitative estimate of drug-likeness (QED) is 0.817. The first kappa shape index (κ1) is 12.4. The highest BCUT2D eigenvalue weighted by Gasteiger charge is 2.14. The van der Waals surface area contributed by atoms with Gasteiger partial charge in [-0.2, -0.15) is 5.26 Å². The summed E-state index contributed by atoms with van der Waals surface area (Å²) in [7, 11) is 0. The lowest BCUT2D eigenvalue weighted by atomic mass is 10.2. The first-order chi connectivity index (χ1) is 8.31. The molecule has 1 atom stereocenters. The van der Waals surface area contributed by atoms with Gasteiger partial charge in [0.15, 0.2) is 5.16 Å². The minimum absolute atomic E-state index is 0.367. The third-order valence-corrected chi connectivity index (χ3v) is 3.90. The Balaban J connectivity index is 1.93. The molecule has 0 bridgehead atoms. The number of nitriles is 1. The molecule has 6 heteroatoms. The zero-order valence-corrected chi connectivity index (χ0v) is 10.6. The van der Waals surface area contributed by atoms with E-state index in [4.69, 9.17) is 11.0 Å². The van der Waals surface area contributed by atoms with Crippen LogP contribution in [0.1, 0.15) is 31.5 Å². The lowest BCUT2D eigenvalue weighted by molar-refractivity contribution is 0.590. The molecule has 0 aromatic carbocycles. The number of fused-ring (bicyclic) bond motifs is 1. The second kappa shape index (κ2) is 6.03. The van der Waals surface area contributed by atoms with Crippen LogP contribution in [0.25, 0.3) is 0 Å². The number of nitrogens with zero attached hydrogens (tertiary/aromatic N) is 4. The monoisotopic (exact) mass is 251 g/mol. The van der Waals surface area contributed by atoms with Crippen LogP contribution in [0.2, 0.25) is 0 Å². The van der Waals surface area contributed by atoms with Gasteiger partial charge >= 0.3 is 0 Å². The van der Waals surface area contributed by atoms with E-state index in [0.29, 0.717) is 6.42 Å². The minimum atomic E-state index is -0.367. The summed E-state index contributed by atoms with van der Waals surface area (Å²) >= 11 is 1.65. The number of hydrogen-bond acceptors (Lipinski definition) is 5. The van der Waals surface area contributed by atoms with Crippen LogP contribution in [-0.4, -0.2) is 26.6 Å². The third kappa shape index (κ3) is 3.20. The van der Waals surface area contributed by atoms with Gasteiger partial charge in [-0.3, -0.25) is 0 Å². The van der Waals surface area contributed by atoms with Gasteiger partial charge in [-0.05, 0) is 19.3 Å². The lowest BCUT2D eigenvalue weighted by Gasteiger charge is -2.06. The maximum absolute atomic E-state index is 8.60. The molecule has 92 valence electrons. The SMILES string of the molecule is N#CC(N)CCSc1nnc2n1CCCCC2. The van der Waals surface area contributed by atoms with Gasteiger partial charge in [-0.1, -0.05) is 18.2 Å².